The molecule has 25 heavy (non-hydrogen) atoms. The topological polar surface area (TPSA) is 91.0 Å². The van der Waals surface area contributed by atoms with Gasteiger partial charge in [-0.2, -0.15) is 5.10 Å². The summed E-state index contributed by atoms with van der Waals surface area (Å²) in [6.07, 6.45) is 3.23. The van der Waals surface area contributed by atoms with E-state index in [0.29, 0.717) is 43.6 Å². The molecule has 2 N–H and O–H groups in total. The van der Waals surface area contributed by atoms with Crippen molar-refractivity contribution < 1.29 is 9.59 Å². The molecule has 130 valence electrons. The molecule has 1 aromatic heterocycles. The van der Waals surface area contributed by atoms with E-state index in [9.17, 15) is 9.59 Å². The van der Waals surface area contributed by atoms with Crippen LogP contribution >= 0.6 is 0 Å². The molecule has 1 atom stereocenters. The number of nitrogens with zero attached hydrogens (tertiary/aromatic N) is 3. The van der Waals surface area contributed by atoms with E-state index in [4.69, 9.17) is 0 Å². The summed E-state index contributed by atoms with van der Waals surface area (Å²) in [5, 5.41) is 9.97. The first-order valence-electron chi connectivity index (χ1n) is 8.74. The quantitative estimate of drug-likeness (QED) is 0.863. The molecule has 1 saturated carbocycles. The van der Waals surface area contributed by atoms with Gasteiger partial charge in [0.25, 0.3) is 0 Å². The summed E-state index contributed by atoms with van der Waals surface area (Å²) in [6.45, 7) is 0.855. The zero-order valence-electron chi connectivity index (χ0n) is 13.9. The van der Waals surface area contributed by atoms with Gasteiger partial charge < -0.3 is 10.2 Å². The van der Waals surface area contributed by atoms with Gasteiger partial charge in [-0.3, -0.25) is 14.7 Å². The van der Waals surface area contributed by atoms with Gasteiger partial charge in [0.2, 0.25) is 11.8 Å². The number of benzene rings is 1. The van der Waals surface area contributed by atoms with E-state index in [0.717, 1.165) is 18.4 Å². The van der Waals surface area contributed by atoms with E-state index in [1.165, 1.54) is 0 Å². The molecule has 1 saturated heterocycles. The summed E-state index contributed by atoms with van der Waals surface area (Å²) < 4.78 is 0. The third-order valence-electron chi connectivity index (χ3n) is 4.80. The number of carbonyl (C=O) groups excluding carboxylic acids is 2. The molecule has 7 heteroatoms. The van der Waals surface area contributed by atoms with Gasteiger partial charge in [0.1, 0.15) is 5.82 Å². The van der Waals surface area contributed by atoms with Crippen molar-refractivity contribution in [1.29, 1.82) is 0 Å². The highest BCUT2D eigenvalue weighted by molar-refractivity contribution is 5.84. The number of likely N-dealkylation sites (tertiary alicyclic amines) is 1. The molecule has 2 aliphatic rings. The molecule has 1 aliphatic carbocycles. The van der Waals surface area contributed by atoms with Crippen LogP contribution in [0.15, 0.2) is 30.3 Å². The molecule has 0 spiro atoms. The van der Waals surface area contributed by atoms with Gasteiger partial charge in [-0.25, -0.2) is 4.98 Å². The number of nitrogens with one attached hydrogen (secondary N) is 2. The van der Waals surface area contributed by atoms with Gasteiger partial charge in [-0.15, -0.1) is 0 Å². The van der Waals surface area contributed by atoms with Crippen LogP contribution in [0.25, 0.3) is 11.4 Å². The summed E-state index contributed by atoms with van der Waals surface area (Å²) in [5.41, 5.74) is 0.933. The average Bonchev–Trinajstić information content (AvgIpc) is 3.38. The second-order valence-corrected chi connectivity index (χ2v) is 6.70. The van der Waals surface area contributed by atoms with E-state index in [-0.39, 0.29) is 17.7 Å². The lowest BCUT2D eigenvalue weighted by Gasteiger charge is -2.31. The van der Waals surface area contributed by atoms with Gasteiger partial charge in [0.05, 0.1) is 12.5 Å². The first kappa shape index (κ1) is 15.8. The summed E-state index contributed by atoms with van der Waals surface area (Å²) in [5.74, 6) is 1.28. The number of piperidine rings is 1. The summed E-state index contributed by atoms with van der Waals surface area (Å²) in [7, 11) is 0. The molecule has 0 radical (unpaired) electrons. The Morgan fingerprint density at radius 1 is 1.24 bits per heavy atom. The lowest BCUT2D eigenvalue weighted by atomic mass is 9.96. The Hall–Kier alpha value is -2.70. The first-order valence-corrected chi connectivity index (χ1v) is 8.74. The zero-order chi connectivity index (χ0) is 17.2. The highest BCUT2D eigenvalue weighted by Crippen LogP contribution is 2.31. The molecule has 2 heterocycles. The summed E-state index contributed by atoms with van der Waals surface area (Å²) in [4.78, 5) is 30.7. The van der Waals surface area contributed by atoms with Crippen LogP contribution in [0.5, 0.6) is 0 Å². The van der Waals surface area contributed by atoms with Gasteiger partial charge in [0, 0.05) is 24.6 Å². The molecule has 2 amide bonds. The lowest BCUT2D eigenvalue weighted by Crippen LogP contribution is -2.46. The van der Waals surface area contributed by atoms with Crippen LogP contribution in [-0.2, 0) is 16.1 Å². The van der Waals surface area contributed by atoms with Crippen molar-refractivity contribution in [2.24, 2.45) is 5.92 Å². The smallest absolute Gasteiger partial charge is 0.225 e. The Morgan fingerprint density at radius 2 is 2.04 bits per heavy atom. The number of amides is 2. The molecule has 1 aliphatic heterocycles. The number of H-pyrrole nitrogens is 1. The third kappa shape index (κ3) is 3.55. The Kier molecular flexibility index (Phi) is 4.21. The number of hydrogen-bond acceptors (Lipinski definition) is 4. The molecule has 4 rings (SSSR count). The SMILES string of the molecule is O=C(NCc1nc(-c2ccccc2)n[nH]1)[C@@H]1CCC(=O)N(C2CC2)C1. The van der Waals surface area contributed by atoms with Crippen LogP contribution in [0.3, 0.4) is 0 Å². The van der Waals surface area contributed by atoms with E-state index in [1.807, 2.05) is 35.2 Å². The number of aromatic nitrogens is 3. The van der Waals surface area contributed by atoms with E-state index in [2.05, 4.69) is 20.5 Å². The van der Waals surface area contributed by atoms with Gasteiger partial charge >= 0.3 is 0 Å². The van der Waals surface area contributed by atoms with Crippen LogP contribution in [-0.4, -0.2) is 44.5 Å². The molecule has 0 bridgehead atoms. The molecule has 7 nitrogen and oxygen atoms in total. The van der Waals surface area contributed by atoms with E-state index < -0.39 is 0 Å². The molecule has 2 fully saturated rings. The van der Waals surface area contributed by atoms with Crippen LogP contribution in [0.1, 0.15) is 31.5 Å². The van der Waals surface area contributed by atoms with E-state index >= 15 is 0 Å². The zero-order valence-corrected chi connectivity index (χ0v) is 13.9. The second kappa shape index (κ2) is 6.66. The number of hydrogen-bond donors (Lipinski definition) is 2. The normalized spacial score (nSPS) is 20.6. The van der Waals surface area contributed by atoms with Crippen molar-refractivity contribution in [2.75, 3.05) is 6.54 Å². The van der Waals surface area contributed by atoms with Crippen molar-refractivity contribution in [1.82, 2.24) is 25.4 Å². The summed E-state index contributed by atoms with van der Waals surface area (Å²) >= 11 is 0. The fourth-order valence-electron chi connectivity index (χ4n) is 3.23. The minimum absolute atomic E-state index is 0.0178. The van der Waals surface area contributed by atoms with Crippen molar-refractivity contribution >= 4 is 11.8 Å². The standard InChI is InChI=1S/C18H21N5O2/c24-16-9-6-13(11-23(16)14-7-8-14)18(25)19-10-15-20-17(22-21-15)12-4-2-1-3-5-12/h1-5,13-14H,6-11H2,(H,19,25)(H,20,21,22)/t13-/m1/s1. The van der Waals surface area contributed by atoms with Crippen LogP contribution in [0.2, 0.25) is 0 Å². The van der Waals surface area contributed by atoms with Crippen molar-refractivity contribution in [2.45, 2.75) is 38.3 Å². The predicted molar refractivity (Wildman–Crippen MR) is 91.1 cm³/mol. The number of aromatic amines is 1. The van der Waals surface area contributed by atoms with Crippen LogP contribution in [0, 0.1) is 5.92 Å². The van der Waals surface area contributed by atoms with Gasteiger partial charge in [-0.05, 0) is 19.3 Å². The van der Waals surface area contributed by atoms with Crippen molar-refractivity contribution in [3.63, 3.8) is 0 Å². The average molecular weight is 339 g/mol. The Balaban J connectivity index is 1.33. The highest BCUT2D eigenvalue weighted by Gasteiger charge is 2.38. The number of rotatable bonds is 5. The van der Waals surface area contributed by atoms with Crippen LogP contribution < -0.4 is 5.32 Å². The van der Waals surface area contributed by atoms with Crippen LogP contribution in [0.4, 0.5) is 0 Å². The maximum absolute atomic E-state index is 12.4. The van der Waals surface area contributed by atoms with Gasteiger partial charge in [-0.1, -0.05) is 30.3 Å². The maximum atomic E-state index is 12.4. The molecule has 1 aromatic carbocycles. The minimum atomic E-state index is -0.130. The molecular weight excluding hydrogens is 318 g/mol. The molecule has 2 aromatic rings. The number of carbonyl (C=O) groups is 2. The Labute approximate surface area is 145 Å². The predicted octanol–water partition coefficient (Wildman–Crippen LogP) is 1.49. The molecular formula is C18H21N5O2. The largest absolute Gasteiger partial charge is 0.349 e. The Bertz CT molecular complexity index is 769. The fourth-order valence-corrected chi connectivity index (χ4v) is 3.23. The fraction of sp³-hybridized carbons (Fsp3) is 0.444. The lowest BCUT2D eigenvalue weighted by molar-refractivity contribution is -0.138. The third-order valence-corrected chi connectivity index (χ3v) is 4.80. The monoisotopic (exact) mass is 339 g/mol. The van der Waals surface area contributed by atoms with E-state index in [1.54, 1.807) is 0 Å². The first-order chi connectivity index (χ1) is 12.2. The van der Waals surface area contributed by atoms with Crippen molar-refractivity contribution in [3.05, 3.63) is 36.2 Å². The second-order valence-electron chi connectivity index (χ2n) is 6.70. The summed E-state index contributed by atoms with van der Waals surface area (Å²) in [6, 6.07) is 10.1. The maximum Gasteiger partial charge on any atom is 0.225 e. The van der Waals surface area contributed by atoms with Crippen molar-refractivity contribution in [3.8, 4) is 11.4 Å². The highest BCUT2D eigenvalue weighted by atomic mass is 16.2. The minimum Gasteiger partial charge on any atom is -0.349 e. The Morgan fingerprint density at radius 3 is 2.80 bits per heavy atom. The van der Waals surface area contributed by atoms with Gasteiger partial charge in [0.15, 0.2) is 5.82 Å². The molecule has 0 unspecified atom stereocenters.